The lowest BCUT2D eigenvalue weighted by Gasteiger charge is -2.31. The van der Waals surface area contributed by atoms with Crippen LogP contribution in [0.25, 0.3) is 0 Å². The van der Waals surface area contributed by atoms with Crippen LogP contribution in [0.15, 0.2) is 29.3 Å². The van der Waals surface area contributed by atoms with E-state index in [0.29, 0.717) is 11.8 Å². The second-order valence-corrected chi connectivity index (χ2v) is 5.63. The van der Waals surface area contributed by atoms with Crippen LogP contribution in [-0.2, 0) is 4.79 Å². The molecule has 2 atom stereocenters. The minimum absolute atomic E-state index is 0.0933. The van der Waals surface area contributed by atoms with Crippen LogP contribution in [-0.4, -0.2) is 39.3 Å². The lowest BCUT2D eigenvalue weighted by atomic mass is 9.97. The Balaban J connectivity index is 2.28. The molecule has 0 amide bonds. The average molecular weight is 334 g/mol. The maximum absolute atomic E-state index is 13.0. The van der Waals surface area contributed by atoms with Gasteiger partial charge in [0.05, 0.1) is 11.8 Å². The molecule has 0 saturated carbocycles. The molecule has 120 valence electrons. The molecule has 1 aromatic rings. The summed E-state index contributed by atoms with van der Waals surface area (Å²) in [6, 6.07) is 3.31. The Hall–Kier alpha value is -1.90. The fourth-order valence-electron chi connectivity index (χ4n) is 2.05. The van der Waals surface area contributed by atoms with Crippen molar-refractivity contribution in [3.05, 3.63) is 29.8 Å². The maximum Gasteiger partial charge on any atom is 0.408 e. The van der Waals surface area contributed by atoms with E-state index in [1.807, 2.05) is 0 Å². The minimum Gasteiger partial charge on any atom is -0.508 e. The summed E-state index contributed by atoms with van der Waals surface area (Å²) in [5.41, 5.74) is 0.284. The van der Waals surface area contributed by atoms with E-state index in [2.05, 4.69) is 10.3 Å². The first-order valence-corrected chi connectivity index (χ1v) is 7.29. The van der Waals surface area contributed by atoms with Crippen LogP contribution in [0.3, 0.4) is 0 Å². The molecule has 2 rings (SSSR count). The lowest BCUT2D eigenvalue weighted by molar-refractivity contribution is -0.155. The van der Waals surface area contributed by atoms with Gasteiger partial charge in [-0.1, -0.05) is 30.0 Å². The van der Waals surface area contributed by atoms with Gasteiger partial charge >= 0.3 is 12.1 Å². The predicted molar refractivity (Wildman–Crippen MR) is 76.0 cm³/mol. The average Bonchev–Trinajstić information content (AvgIpc) is 2.44. The van der Waals surface area contributed by atoms with Gasteiger partial charge in [-0.3, -0.25) is 9.79 Å². The van der Waals surface area contributed by atoms with Gasteiger partial charge in [-0.2, -0.15) is 13.2 Å². The van der Waals surface area contributed by atoms with E-state index in [9.17, 15) is 23.1 Å². The van der Waals surface area contributed by atoms with E-state index in [4.69, 9.17) is 5.11 Å². The third-order valence-corrected chi connectivity index (χ3v) is 3.94. The molecule has 0 unspecified atom stereocenters. The monoisotopic (exact) mass is 334 g/mol. The van der Waals surface area contributed by atoms with Gasteiger partial charge in [0.15, 0.2) is 5.17 Å². The van der Waals surface area contributed by atoms with Crippen LogP contribution in [0.1, 0.15) is 18.0 Å². The zero-order chi connectivity index (χ0) is 16.3. The molecule has 1 heterocycles. The number of hydrogen-bond donors (Lipinski definition) is 3. The Morgan fingerprint density at radius 1 is 1.41 bits per heavy atom. The van der Waals surface area contributed by atoms with Crippen molar-refractivity contribution in [2.75, 3.05) is 5.75 Å². The summed E-state index contributed by atoms with van der Waals surface area (Å²) >= 11 is 0.687. The summed E-state index contributed by atoms with van der Waals surface area (Å²) in [5.74, 6) is -1.69. The van der Waals surface area contributed by atoms with E-state index >= 15 is 0 Å². The molecule has 0 bridgehead atoms. The number of phenolic OH excluding ortho intramolecular Hbond substituents is 1. The number of nitrogens with zero attached hydrogens (tertiary/aromatic N) is 1. The highest BCUT2D eigenvalue weighted by atomic mass is 32.2. The molecule has 1 aliphatic rings. The number of aromatic hydroxyl groups is 1. The highest BCUT2D eigenvalue weighted by molar-refractivity contribution is 8.14. The molecule has 3 N–H and O–H groups in total. The number of para-hydroxylation sites is 1. The largest absolute Gasteiger partial charge is 0.508 e. The van der Waals surface area contributed by atoms with Crippen molar-refractivity contribution in [3.63, 3.8) is 0 Å². The number of phenols is 1. The van der Waals surface area contributed by atoms with Crippen LogP contribution in [0.5, 0.6) is 5.75 Å². The molecule has 0 radical (unpaired) electrons. The van der Waals surface area contributed by atoms with Crippen LogP contribution < -0.4 is 5.32 Å². The number of carboxylic acids is 1. The second kappa shape index (κ2) is 6.47. The number of thioether (sulfide) groups is 1. The Morgan fingerprint density at radius 3 is 2.68 bits per heavy atom. The summed E-state index contributed by atoms with van der Waals surface area (Å²) in [6.45, 7) is 0. The highest BCUT2D eigenvalue weighted by Crippen LogP contribution is 2.37. The third-order valence-electron chi connectivity index (χ3n) is 3.05. The zero-order valence-electron chi connectivity index (χ0n) is 11.2. The van der Waals surface area contributed by atoms with E-state index in [1.165, 1.54) is 12.1 Å². The Morgan fingerprint density at radius 2 is 2.09 bits per heavy atom. The van der Waals surface area contributed by atoms with Crippen molar-refractivity contribution < 1.29 is 28.2 Å². The van der Waals surface area contributed by atoms with Gasteiger partial charge in [-0.25, -0.2) is 0 Å². The first kappa shape index (κ1) is 16.5. The number of amidine groups is 1. The van der Waals surface area contributed by atoms with Gasteiger partial charge in [0.2, 0.25) is 0 Å². The van der Waals surface area contributed by atoms with E-state index in [-0.39, 0.29) is 22.9 Å². The van der Waals surface area contributed by atoms with Crippen LogP contribution in [0, 0.1) is 0 Å². The van der Waals surface area contributed by atoms with Gasteiger partial charge in [0.25, 0.3) is 0 Å². The lowest BCUT2D eigenvalue weighted by Crippen LogP contribution is -2.48. The first-order valence-electron chi connectivity index (χ1n) is 6.31. The van der Waals surface area contributed by atoms with Crippen molar-refractivity contribution in [1.82, 2.24) is 5.32 Å². The van der Waals surface area contributed by atoms with Crippen molar-refractivity contribution in [1.29, 1.82) is 0 Å². The second-order valence-electron chi connectivity index (χ2n) is 4.67. The fourth-order valence-corrected chi connectivity index (χ4v) is 2.74. The van der Waals surface area contributed by atoms with Crippen molar-refractivity contribution >= 4 is 22.9 Å². The normalized spacial score (nSPS) is 21.9. The fraction of sp³-hybridized carbons (Fsp3) is 0.385. The van der Waals surface area contributed by atoms with E-state index in [1.54, 1.807) is 12.1 Å². The van der Waals surface area contributed by atoms with Crippen molar-refractivity contribution in [3.8, 4) is 5.75 Å². The van der Waals surface area contributed by atoms with Crippen LogP contribution >= 0.6 is 11.8 Å². The number of carbonyl (C=O) groups is 1. The molecule has 0 fully saturated rings. The van der Waals surface area contributed by atoms with Gasteiger partial charge in [-0.15, -0.1) is 0 Å². The first-order chi connectivity index (χ1) is 10.3. The third kappa shape index (κ3) is 4.06. The maximum atomic E-state index is 13.0. The molecule has 0 saturated heterocycles. The Labute approximate surface area is 128 Å². The van der Waals surface area contributed by atoms with E-state index < -0.39 is 30.0 Å². The Kier molecular flexibility index (Phi) is 4.84. The molecule has 0 aliphatic carbocycles. The SMILES string of the molecule is O=C(O)CSC1=N[C@@H](c2ccccc2O)C[C@@H](C(F)(F)F)N1. The summed E-state index contributed by atoms with van der Waals surface area (Å²) in [6.07, 6.45) is -4.86. The number of alkyl halides is 3. The summed E-state index contributed by atoms with van der Waals surface area (Å²) in [7, 11) is 0. The van der Waals surface area contributed by atoms with Crippen LogP contribution in [0.2, 0.25) is 0 Å². The molecule has 0 aromatic heterocycles. The molecular weight excluding hydrogens is 321 g/mol. The van der Waals surface area contributed by atoms with Gasteiger partial charge in [0, 0.05) is 12.0 Å². The highest BCUT2D eigenvalue weighted by Gasteiger charge is 2.44. The van der Waals surface area contributed by atoms with Gasteiger partial charge in [-0.05, 0) is 6.07 Å². The number of nitrogens with one attached hydrogen (secondary N) is 1. The van der Waals surface area contributed by atoms with Crippen LogP contribution in [0.4, 0.5) is 13.2 Å². The van der Waals surface area contributed by atoms with Gasteiger partial charge < -0.3 is 15.5 Å². The number of aliphatic imine (C=N–C) groups is 1. The summed E-state index contributed by atoms with van der Waals surface area (Å²) in [4.78, 5) is 14.7. The smallest absolute Gasteiger partial charge is 0.408 e. The number of rotatable bonds is 3. The van der Waals surface area contributed by atoms with Gasteiger partial charge in [0.1, 0.15) is 11.8 Å². The zero-order valence-corrected chi connectivity index (χ0v) is 12.0. The molecule has 1 aliphatic heterocycles. The topological polar surface area (TPSA) is 81.9 Å². The number of halogens is 3. The molecule has 0 spiro atoms. The number of carboxylic acid groups (broad SMARTS) is 1. The number of aliphatic carboxylic acids is 1. The molecule has 22 heavy (non-hydrogen) atoms. The molecule has 1 aromatic carbocycles. The molecule has 9 heteroatoms. The number of benzene rings is 1. The predicted octanol–water partition coefficient (Wildman–Crippen LogP) is 2.53. The summed E-state index contributed by atoms with van der Waals surface area (Å²) < 4.78 is 39.0. The van der Waals surface area contributed by atoms with Crippen molar-refractivity contribution in [2.24, 2.45) is 4.99 Å². The van der Waals surface area contributed by atoms with E-state index in [0.717, 1.165) is 0 Å². The minimum atomic E-state index is -4.49. The quantitative estimate of drug-likeness (QED) is 0.791. The van der Waals surface area contributed by atoms with Crippen molar-refractivity contribution in [2.45, 2.75) is 24.7 Å². The number of hydrogen-bond acceptors (Lipinski definition) is 5. The molecule has 5 nitrogen and oxygen atoms in total. The molecular formula is C13H13F3N2O3S. The Bertz CT molecular complexity index is 592. The summed E-state index contributed by atoms with van der Waals surface area (Å²) in [5, 5.41) is 20.5. The standard InChI is InChI=1S/C13H13F3N2O3S/c14-13(15,16)10-5-8(7-3-1-2-4-9(7)19)17-12(18-10)22-6-11(20)21/h1-4,8,10,19H,5-6H2,(H,17,18)(H,20,21)/t8-,10+/m1/s1.